The highest BCUT2D eigenvalue weighted by Crippen LogP contribution is 2.24. The van der Waals surface area contributed by atoms with Gasteiger partial charge in [0.25, 0.3) is 0 Å². The first-order valence-electron chi connectivity index (χ1n) is 6.00. The molecule has 0 saturated carbocycles. The Morgan fingerprint density at radius 3 is 2.50 bits per heavy atom. The minimum Gasteiger partial charge on any atom is -0.491 e. The van der Waals surface area contributed by atoms with Crippen LogP contribution in [0.1, 0.15) is 10.4 Å². The summed E-state index contributed by atoms with van der Waals surface area (Å²) in [6, 6.07) is 14.1. The van der Waals surface area contributed by atoms with E-state index in [9.17, 15) is 4.79 Å². The van der Waals surface area contributed by atoms with E-state index in [0.717, 1.165) is 10.6 Å². The molecule has 2 rings (SSSR count). The van der Waals surface area contributed by atoms with E-state index in [1.54, 1.807) is 42.1 Å². The molecule has 0 spiro atoms. The Bertz CT molecular complexity index is 584. The lowest BCUT2D eigenvalue weighted by Crippen LogP contribution is -2.00. The third-order valence-electron chi connectivity index (χ3n) is 2.55. The smallest absolute Gasteiger partial charge is 0.335 e. The maximum Gasteiger partial charge on any atom is 0.335 e. The summed E-state index contributed by atoms with van der Waals surface area (Å²) in [6.07, 6.45) is 0. The van der Waals surface area contributed by atoms with Gasteiger partial charge in [0.1, 0.15) is 5.75 Å². The van der Waals surface area contributed by atoms with Crippen LogP contribution in [0.15, 0.2) is 53.4 Å². The number of rotatable bonds is 6. The molecule has 5 heteroatoms. The van der Waals surface area contributed by atoms with Gasteiger partial charge in [0.15, 0.2) is 0 Å². The molecule has 0 aliphatic rings. The largest absolute Gasteiger partial charge is 0.491 e. The second-order valence-corrected chi connectivity index (χ2v) is 5.53. The molecule has 2 aromatic carbocycles. The van der Waals surface area contributed by atoms with Crippen LogP contribution >= 0.6 is 23.4 Å². The lowest BCUT2D eigenvalue weighted by Gasteiger charge is -2.07. The second kappa shape index (κ2) is 7.22. The molecule has 2 aromatic rings. The first kappa shape index (κ1) is 14.8. The molecule has 0 atom stereocenters. The van der Waals surface area contributed by atoms with E-state index in [-0.39, 0.29) is 0 Å². The minimum atomic E-state index is -0.913. The topological polar surface area (TPSA) is 46.5 Å². The molecule has 0 radical (unpaired) electrons. The van der Waals surface area contributed by atoms with E-state index in [1.165, 1.54) is 0 Å². The number of carboxylic acids is 1. The van der Waals surface area contributed by atoms with Crippen molar-refractivity contribution < 1.29 is 14.6 Å². The van der Waals surface area contributed by atoms with Gasteiger partial charge in [-0.1, -0.05) is 23.7 Å². The zero-order valence-corrected chi connectivity index (χ0v) is 12.2. The second-order valence-electron chi connectivity index (χ2n) is 3.96. The Hall–Kier alpha value is -1.65. The molecule has 0 fully saturated rings. The fraction of sp³-hybridized carbons (Fsp3) is 0.133. The highest BCUT2D eigenvalue weighted by Gasteiger charge is 2.03. The molecule has 0 saturated heterocycles. The van der Waals surface area contributed by atoms with E-state index in [1.807, 2.05) is 18.2 Å². The van der Waals surface area contributed by atoms with Crippen LogP contribution in [0.5, 0.6) is 5.75 Å². The Kier molecular flexibility index (Phi) is 5.32. The zero-order chi connectivity index (χ0) is 14.4. The van der Waals surface area contributed by atoms with Crippen LogP contribution in [-0.2, 0) is 0 Å². The standard InChI is InChI=1S/C15H13ClO3S/c16-13-3-1-2-4-14(13)19-9-10-20-12-7-5-11(6-8-12)15(17)18/h1-8H,9-10H2,(H,17,18). The molecular weight excluding hydrogens is 296 g/mol. The van der Waals surface area contributed by atoms with Gasteiger partial charge in [0.05, 0.1) is 17.2 Å². The quantitative estimate of drug-likeness (QED) is 0.641. The monoisotopic (exact) mass is 308 g/mol. The number of carboxylic acid groups (broad SMARTS) is 1. The van der Waals surface area contributed by atoms with Gasteiger partial charge in [0, 0.05) is 10.6 Å². The summed E-state index contributed by atoms with van der Waals surface area (Å²) in [5, 5.41) is 9.40. The van der Waals surface area contributed by atoms with Gasteiger partial charge in [-0.25, -0.2) is 4.79 Å². The summed E-state index contributed by atoms with van der Waals surface area (Å²) in [6.45, 7) is 0.537. The van der Waals surface area contributed by atoms with Crippen molar-refractivity contribution in [2.75, 3.05) is 12.4 Å². The maximum absolute atomic E-state index is 10.7. The van der Waals surface area contributed by atoms with Crippen LogP contribution in [0.3, 0.4) is 0 Å². The Morgan fingerprint density at radius 1 is 1.15 bits per heavy atom. The number of ether oxygens (including phenoxy) is 1. The first-order valence-corrected chi connectivity index (χ1v) is 7.36. The lowest BCUT2D eigenvalue weighted by atomic mass is 10.2. The highest BCUT2D eigenvalue weighted by molar-refractivity contribution is 7.99. The molecule has 0 aromatic heterocycles. The van der Waals surface area contributed by atoms with Crippen LogP contribution in [0, 0.1) is 0 Å². The normalized spacial score (nSPS) is 10.2. The highest BCUT2D eigenvalue weighted by atomic mass is 35.5. The van der Waals surface area contributed by atoms with Crippen molar-refractivity contribution in [2.45, 2.75) is 4.90 Å². The summed E-state index contributed by atoms with van der Waals surface area (Å²) < 4.78 is 5.57. The number of benzene rings is 2. The summed E-state index contributed by atoms with van der Waals surface area (Å²) >= 11 is 7.58. The van der Waals surface area contributed by atoms with E-state index >= 15 is 0 Å². The molecular formula is C15H13ClO3S. The van der Waals surface area contributed by atoms with Crippen molar-refractivity contribution in [3.05, 3.63) is 59.1 Å². The Labute approximate surface area is 126 Å². The molecule has 0 unspecified atom stereocenters. The van der Waals surface area contributed by atoms with Crippen molar-refractivity contribution in [2.24, 2.45) is 0 Å². The Morgan fingerprint density at radius 2 is 1.85 bits per heavy atom. The van der Waals surface area contributed by atoms with Crippen LogP contribution < -0.4 is 4.74 Å². The van der Waals surface area contributed by atoms with Gasteiger partial charge in [-0.05, 0) is 36.4 Å². The number of thioether (sulfide) groups is 1. The van der Waals surface area contributed by atoms with E-state index in [2.05, 4.69) is 0 Å². The SMILES string of the molecule is O=C(O)c1ccc(SCCOc2ccccc2Cl)cc1. The van der Waals surface area contributed by atoms with Crippen molar-refractivity contribution >= 4 is 29.3 Å². The Balaban J connectivity index is 1.79. The molecule has 0 aliphatic heterocycles. The van der Waals surface area contributed by atoms with Crippen molar-refractivity contribution in [3.8, 4) is 5.75 Å². The maximum atomic E-state index is 10.7. The van der Waals surface area contributed by atoms with Crippen molar-refractivity contribution in [1.82, 2.24) is 0 Å². The van der Waals surface area contributed by atoms with Gasteiger partial charge in [0.2, 0.25) is 0 Å². The summed E-state index contributed by atoms with van der Waals surface area (Å²) in [5.74, 6) is 0.525. The summed E-state index contributed by atoms with van der Waals surface area (Å²) in [4.78, 5) is 11.7. The molecule has 0 aliphatic carbocycles. The number of hydrogen-bond donors (Lipinski definition) is 1. The fourth-order valence-corrected chi connectivity index (χ4v) is 2.49. The van der Waals surface area contributed by atoms with Gasteiger partial charge >= 0.3 is 5.97 Å². The lowest BCUT2D eigenvalue weighted by molar-refractivity contribution is 0.0697. The number of hydrogen-bond acceptors (Lipinski definition) is 3. The third-order valence-corrected chi connectivity index (χ3v) is 3.84. The predicted octanol–water partition coefficient (Wildman–Crippen LogP) is 4.21. The number of para-hydroxylation sites is 1. The summed E-state index contributed by atoms with van der Waals surface area (Å²) in [5.41, 5.74) is 0.293. The molecule has 0 bridgehead atoms. The van der Waals surface area contributed by atoms with E-state index < -0.39 is 5.97 Å². The molecule has 1 N–H and O–H groups in total. The predicted molar refractivity (Wildman–Crippen MR) is 81.1 cm³/mol. The van der Waals surface area contributed by atoms with Crippen LogP contribution in [-0.4, -0.2) is 23.4 Å². The zero-order valence-electron chi connectivity index (χ0n) is 10.6. The molecule has 0 amide bonds. The van der Waals surface area contributed by atoms with E-state index in [4.69, 9.17) is 21.4 Å². The average Bonchev–Trinajstić information content (AvgIpc) is 2.46. The summed E-state index contributed by atoms with van der Waals surface area (Å²) in [7, 11) is 0. The minimum absolute atomic E-state index is 0.293. The molecule has 20 heavy (non-hydrogen) atoms. The third kappa shape index (κ3) is 4.18. The van der Waals surface area contributed by atoms with Crippen molar-refractivity contribution in [3.63, 3.8) is 0 Å². The van der Waals surface area contributed by atoms with Crippen LogP contribution in [0.25, 0.3) is 0 Å². The van der Waals surface area contributed by atoms with Gasteiger partial charge < -0.3 is 9.84 Å². The molecule has 0 heterocycles. The van der Waals surface area contributed by atoms with Crippen LogP contribution in [0.4, 0.5) is 0 Å². The van der Waals surface area contributed by atoms with Crippen molar-refractivity contribution in [1.29, 1.82) is 0 Å². The number of halogens is 1. The average molecular weight is 309 g/mol. The van der Waals surface area contributed by atoms with Gasteiger partial charge in [-0.3, -0.25) is 0 Å². The van der Waals surface area contributed by atoms with E-state index in [0.29, 0.717) is 22.9 Å². The first-order chi connectivity index (χ1) is 9.66. The number of carbonyl (C=O) groups is 1. The van der Waals surface area contributed by atoms with Crippen LogP contribution in [0.2, 0.25) is 5.02 Å². The molecule has 3 nitrogen and oxygen atoms in total. The van der Waals surface area contributed by atoms with Gasteiger partial charge in [-0.15, -0.1) is 11.8 Å². The number of aromatic carboxylic acids is 1. The van der Waals surface area contributed by atoms with Gasteiger partial charge in [-0.2, -0.15) is 0 Å². The fourth-order valence-electron chi connectivity index (χ4n) is 1.57. The molecule has 104 valence electrons.